The molecule has 0 spiro atoms. The summed E-state index contributed by atoms with van der Waals surface area (Å²) in [5.74, 6) is 0.609. The molecule has 1 aliphatic carbocycles. The fourth-order valence-corrected chi connectivity index (χ4v) is 3.50. The Hall–Kier alpha value is -0.900. The van der Waals surface area contributed by atoms with E-state index in [0.29, 0.717) is 12.0 Å². The number of rotatable bonds is 4. The molecule has 2 nitrogen and oxygen atoms in total. The molecule has 0 bridgehead atoms. The van der Waals surface area contributed by atoms with Crippen LogP contribution in [0, 0.1) is 5.92 Å². The summed E-state index contributed by atoms with van der Waals surface area (Å²) < 4.78 is 0. The number of hydrogen-bond donors (Lipinski definition) is 2. The zero-order chi connectivity index (χ0) is 13.4. The number of benzene rings is 1. The number of phenolic OH excluding ortho intramolecular Hbond substituents is 1. The maximum Gasteiger partial charge on any atom is 0.152 e. The first-order valence-electron chi connectivity index (χ1n) is 6.13. The number of anilines is 1. The van der Waals surface area contributed by atoms with E-state index in [-0.39, 0.29) is 15.8 Å². The molecule has 0 aliphatic heterocycles. The van der Waals surface area contributed by atoms with Crippen molar-refractivity contribution in [1.29, 1.82) is 0 Å². The third kappa shape index (κ3) is 2.83. The van der Waals surface area contributed by atoms with E-state index in [4.69, 9.17) is 23.2 Å². The number of thiophene rings is 1. The van der Waals surface area contributed by atoms with Gasteiger partial charge in [-0.1, -0.05) is 29.3 Å². The maximum absolute atomic E-state index is 9.58. The van der Waals surface area contributed by atoms with Gasteiger partial charge < -0.3 is 10.4 Å². The molecule has 2 aromatic rings. The molecule has 0 radical (unpaired) electrons. The smallest absolute Gasteiger partial charge is 0.152 e. The van der Waals surface area contributed by atoms with Crippen LogP contribution in [0.15, 0.2) is 29.6 Å². The minimum Gasteiger partial charge on any atom is -0.505 e. The van der Waals surface area contributed by atoms with Gasteiger partial charge in [-0.15, -0.1) is 11.3 Å². The summed E-state index contributed by atoms with van der Waals surface area (Å²) in [6.07, 6.45) is 2.49. The lowest BCUT2D eigenvalue weighted by atomic mass is 10.1. The molecular formula is C14H13Cl2NOS. The van der Waals surface area contributed by atoms with Crippen molar-refractivity contribution in [2.45, 2.75) is 18.9 Å². The molecule has 1 aromatic carbocycles. The standard InChI is InChI=1S/C14H13Cl2NOS/c15-10-6-9(7-11(16)14(10)18)17-13(8-3-4-8)12-2-1-5-19-12/h1-2,5-8,13,17-18H,3-4H2. The molecular weight excluding hydrogens is 301 g/mol. The summed E-state index contributed by atoms with van der Waals surface area (Å²) in [5, 5.41) is 15.7. The van der Waals surface area contributed by atoms with E-state index in [1.807, 2.05) is 0 Å². The molecule has 2 N–H and O–H groups in total. The number of aromatic hydroxyl groups is 1. The van der Waals surface area contributed by atoms with E-state index in [1.165, 1.54) is 17.7 Å². The summed E-state index contributed by atoms with van der Waals surface area (Å²) >= 11 is 13.7. The van der Waals surface area contributed by atoms with Crippen LogP contribution in [0.3, 0.4) is 0 Å². The summed E-state index contributed by atoms with van der Waals surface area (Å²) in [6.45, 7) is 0. The minimum absolute atomic E-state index is 0.0621. The molecule has 1 heterocycles. The molecule has 19 heavy (non-hydrogen) atoms. The van der Waals surface area contributed by atoms with Crippen molar-refractivity contribution in [3.8, 4) is 5.75 Å². The molecule has 0 saturated heterocycles. The fraction of sp³-hybridized carbons (Fsp3) is 0.286. The average Bonchev–Trinajstić information content (AvgIpc) is 3.07. The second kappa shape index (κ2) is 5.23. The van der Waals surface area contributed by atoms with E-state index in [9.17, 15) is 5.11 Å². The molecule has 1 aromatic heterocycles. The molecule has 1 aliphatic rings. The predicted octanol–water partition coefficient (Wildman–Crippen LogP) is 5.32. The molecule has 0 amide bonds. The van der Waals surface area contributed by atoms with Crippen molar-refractivity contribution in [3.63, 3.8) is 0 Å². The number of hydrogen-bond acceptors (Lipinski definition) is 3. The normalized spacial score (nSPS) is 16.3. The van der Waals surface area contributed by atoms with Gasteiger partial charge in [0.15, 0.2) is 5.75 Å². The Balaban J connectivity index is 1.86. The third-order valence-corrected chi connectivity index (χ3v) is 4.81. The van der Waals surface area contributed by atoms with Crippen LogP contribution in [0.2, 0.25) is 10.0 Å². The van der Waals surface area contributed by atoms with Crippen molar-refractivity contribution < 1.29 is 5.11 Å². The first kappa shape index (κ1) is 13.1. The second-order valence-electron chi connectivity index (χ2n) is 4.76. The fourth-order valence-electron chi connectivity index (χ4n) is 2.15. The van der Waals surface area contributed by atoms with E-state index in [1.54, 1.807) is 23.5 Å². The summed E-state index contributed by atoms with van der Waals surface area (Å²) in [6, 6.07) is 7.94. The van der Waals surface area contributed by atoms with Crippen LogP contribution in [0.1, 0.15) is 23.8 Å². The van der Waals surface area contributed by atoms with Crippen LogP contribution in [-0.4, -0.2) is 5.11 Å². The number of halogens is 2. The van der Waals surface area contributed by atoms with Crippen LogP contribution in [-0.2, 0) is 0 Å². The number of phenols is 1. The van der Waals surface area contributed by atoms with E-state index in [0.717, 1.165) is 5.69 Å². The van der Waals surface area contributed by atoms with Gasteiger partial charge >= 0.3 is 0 Å². The van der Waals surface area contributed by atoms with Crippen molar-refractivity contribution >= 4 is 40.2 Å². The lowest BCUT2D eigenvalue weighted by Crippen LogP contribution is -2.11. The maximum atomic E-state index is 9.58. The van der Waals surface area contributed by atoms with Crippen molar-refractivity contribution in [1.82, 2.24) is 0 Å². The van der Waals surface area contributed by atoms with Crippen molar-refractivity contribution in [3.05, 3.63) is 44.6 Å². The van der Waals surface area contributed by atoms with E-state index in [2.05, 4.69) is 22.8 Å². The molecule has 1 atom stereocenters. The van der Waals surface area contributed by atoms with Gasteiger partial charge in [0.05, 0.1) is 16.1 Å². The van der Waals surface area contributed by atoms with Crippen LogP contribution in [0.25, 0.3) is 0 Å². The predicted molar refractivity (Wildman–Crippen MR) is 81.5 cm³/mol. The largest absolute Gasteiger partial charge is 0.505 e. The molecule has 1 unspecified atom stereocenters. The van der Waals surface area contributed by atoms with Crippen molar-refractivity contribution in [2.24, 2.45) is 5.92 Å². The third-order valence-electron chi connectivity index (χ3n) is 3.28. The van der Waals surface area contributed by atoms with Gasteiger partial charge in [-0.05, 0) is 42.3 Å². The lowest BCUT2D eigenvalue weighted by Gasteiger charge is -2.19. The Bertz CT molecular complexity index is 558. The van der Waals surface area contributed by atoms with E-state index < -0.39 is 0 Å². The van der Waals surface area contributed by atoms with Crippen LogP contribution >= 0.6 is 34.5 Å². The summed E-state index contributed by atoms with van der Waals surface area (Å²) in [4.78, 5) is 1.32. The SMILES string of the molecule is Oc1c(Cl)cc(NC(c2cccs2)C2CC2)cc1Cl. The number of nitrogens with one attached hydrogen (secondary N) is 1. The Labute approximate surface area is 126 Å². The molecule has 100 valence electrons. The molecule has 1 fully saturated rings. The molecule has 1 saturated carbocycles. The van der Waals surface area contributed by atoms with Crippen molar-refractivity contribution in [2.75, 3.05) is 5.32 Å². The molecule has 3 rings (SSSR count). The van der Waals surface area contributed by atoms with Crippen LogP contribution in [0.4, 0.5) is 5.69 Å². The van der Waals surface area contributed by atoms with Gasteiger partial charge in [0.1, 0.15) is 0 Å². The minimum atomic E-state index is -0.0621. The first-order valence-corrected chi connectivity index (χ1v) is 7.76. The Morgan fingerprint density at radius 1 is 1.26 bits per heavy atom. The Morgan fingerprint density at radius 2 is 1.95 bits per heavy atom. The van der Waals surface area contributed by atoms with Gasteiger partial charge in [0.2, 0.25) is 0 Å². The van der Waals surface area contributed by atoms with Gasteiger partial charge in [0, 0.05) is 10.6 Å². The lowest BCUT2D eigenvalue weighted by molar-refractivity contribution is 0.476. The summed E-state index contributed by atoms with van der Waals surface area (Å²) in [5.41, 5.74) is 0.845. The topological polar surface area (TPSA) is 32.3 Å². The highest BCUT2D eigenvalue weighted by atomic mass is 35.5. The van der Waals surface area contributed by atoms with E-state index >= 15 is 0 Å². The van der Waals surface area contributed by atoms with Gasteiger partial charge in [-0.3, -0.25) is 0 Å². The Kier molecular flexibility index (Phi) is 3.61. The highest BCUT2D eigenvalue weighted by Gasteiger charge is 2.33. The highest BCUT2D eigenvalue weighted by molar-refractivity contribution is 7.10. The molecule has 5 heteroatoms. The first-order chi connectivity index (χ1) is 9.15. The zero-order valence-corrected chi connectivity index (χ0v) is 12.4. The Morgan fingerprint density at radius 3 is 2.47 bits per heavy atom. The summed E-state index contributed by atoms with van der Waals surface area (Å²) in [7, 11) is 0. The average molecular weight is 314 g/mol. The van der Waals surface area contributed by atoms with Crippen LogP contribution < -0.4 is 5.32 Å². The highest BCUT2D eigenvalue weighted by Crippen LogP contribution is 2.45. The van der Waals surface area contributed by atoms with Crippen LogP contribution in [0.5, 0.6) is 5.75 Å². The van der Waals surface area contributed by atoms with Gasteiger partial charge in [-0.2, -0.15) is 0 Å². The van der Waals surface area contributed by atoms with Gasteiger partial charge in [-0.25, -0.2) is 0 Å². The monoisotopic (exact) mass is 313 g/mol. The second-order valence-corrected chi connectivity index (χ2v) is 6.56. The van der Waals surface area contributed by atoms with Gasteiger partial charge in [0.25, 0.3) is 0 Å². The quantitative estimate of drug-likeness (QED) is 0.748. The zero-order valence-electron chi connectivity index (χ0n) is 10.1.